The van der Waals surface area contributed by atoms with Crippen LogP contribution in [-0.2, 0) is 14.9 Å². The van der Waals surface area contributed by atoms with E-state index in [1.807, 2.05) is 0 Å². The van der Waals surface area contributed by atoms with Crippen LogP contribution in [0.25, 0.3) is 0 Å². The molecule has 5 nitrogen and oxygen atoms in total. The normalized spacial score (nSPS) is 33.1. The summed E-state index contributed by atoms with van der Waals surface area (Å²) in [5.74, 6) is 0.0316. The lowest BCUT2D eigenvalue weighted by molar-refractivity contribution is -0.991. The molecule has 1 saturated carbocycles. The monoisotopic (exact) mass is 221 g/mol. The fourth-order valence-electron chi connectivity index (χ4n) is 2.49. The van der Waals surface area contributed by atoms with Crippen LogP contribution in [0.4, 0.5) is 5.69 Å². The van der Waals surface area contributed by atoms with Crippen LogP contribution in [0.15, 0.2) is 24.3 Å². The molecule has 2 fully saturated rings. The highest BCUT2D eigenvalue weighted by atomic mass is 16.8. The van der Waals surface area contributed by atoms with Crippen molar-refractivity contribution in [1.29, 1.82) is 0 Å². The van der Waals surface area contributed by atoms with Gasteiger partial charge in [0.25, 0.3) is 0 Å². The Morgan fingerprint density at radius 1 is 1.56 bits per heavy atom. The highest BCUT2D eigenvalue weighted by molar-refractivity contribution is 5.90. The van der Waals surface area contributed by atoms with Crippen molar-refractivity contribution < 1.29 is 20.0 Å². The van der Waals surface area contributed by atoms with Crippen molar-refractivity contribution in [3.05, 3.63) is 35.0 Å². The number of carbonyl (C=O) groups excluding carboxylic acids is 1. The Kier molecular flexibility index (Phi) is 1.85. The van der Waals surface area contributed by atoms with Gasteiger partial charge in [-0.15, -0.1) is 0 Å². The molecule has 3 atom stereocenters. The second kappa shape index (κ2) is 3.04. The Hall–Kier alpha value is -1.43. The van der Waals surface area contributed by atoms with E-state index in [2.05, 4.69) is 0 Å². The number of quaternary nitrogens is 1. The largest absolute Gasteiger partial charge is 0.595 e. The van der Waals surface area contributed by atoms with Crippen LogP contribution in [0, 0.1) is 11.1 Å². The zero-order valence-electron chi connectivity index (χ0n) is 8.47. The van der Waals surface area contributed by atoms with E-state index >= 15 is 0 Å². The summed E-state index contributed by atoms with van der Waals surface area (Å²) in [6, 6.07) is 6.59. The van der Waals surface area contributed by atoms with E-state index in [1.165, 1.54) is 6.07 Å². The summed E-state index contributed by atoms with van der Waals surface area (Å²) < 4.78 is 4.99. The minimum atomic E-state index is -0.971. The highest BCUT2D eigenvalue weighted by Crippen LogP contribution is 2.59. The van der Waals surface area contributed by atoms with Gasteiger partial charge in [0.05, 0.1) is 12.0 Å². The lowest BCUT2D eigenvalue weighted by Crippen LogP contribution is -2.99. The molecule has 3 rings (SSSR count). The van der Waals surface area contributed by atoms with Crippen LogP contribution in [0.5, 0.6) is 0 Å². The van der Waals surface area contributed by atoms with Gasteiger partial charge in [-0.1, -0.05) is 12.1 Å². The van der Waals surface area contributed by atoms with Gasteiger partial charge in [0.15, 0.2) is 5.69 Å². The molecular weight excluding hydrogens is 210 g/mol. The highest BCUT2D eigenvalue weighted by Gasteiger charge is 2.66. The number of esters is 1. The molecule has 0 aromatic heterocycles. The first-order chi connectivity index (χ1) is 7.64. The third kappa shape index (κ3) is 1.13. The molecule has 0 spiro atoms. The zero-order chi connectivity index (χ0) is 11.3. The smallest absolute Gasteiger partial charge is 0.317 e. The molecular formula is C11H11NO4. The van der Waals surface area contributed by atoms with E-state index in [0.29, 0.717) is 6.61 Å². The van der Waals surface area contributed by atoms with Gasteiger partial charge in [0.2, 0.25) is 0 Å². The zero-order valence-corrected chi connectivity index (χ0v) is 8.47. The lowest BCUT2D eigenvalue weighted by atomic mass is 9.94. The molecule has 0 amide bonds. The Labute approximate surface area is 91.8 Å². The first kappa shape index (κ1) is 9.77. The van der Waals surface area contributed by atoms with Gasteiger partial charge in [0, 0.05) is 18.1 Å². The summed E-state index contributed by atoms with van der Waals surface area (Å²) in [6.07, 6.45) is 0.787. The predicted molar refractivity (Wildman–Crippen MR) is 53.0 cm³/mol. The molecule has 1 heterocycles. The maximum absolute atomic E-state index is 11.6. The molecule has 1 aromatic rings. The predicted octanol–water partition coefficient (Wildman–Crippen LogP) is -0.0955. The van der Waals surface area contributed by atoms with Crippen LogP contribution in [0.2, 0.25) is 0 Å². The first-order valence-electron chi connectivity index (χ1n) is 5.15. The minimum absolute atomic E-state index is 0.208. The number of rotatable bonds is 2. The Balaban J connectivity index is 2.02. The molecule has 1 aromatic carbocycles. The van der Waals surface area contributed by atoms with Crippen LogP contribution >= 0.6 is 0 Å². The number of hydrogen-bond acceptors (Lipinski definition) is 4. The third-order valence-corrected chi connectivity index (χ3v) is 3.51. The minimum Gasteiger partial charge on any atom is -0.595 e. The molecule has 1 unspecified atom stereocenters. The van der Waals surface area contributed by atoms with Crippen molar-refractivity contribution in [1.82, 2.24) is 0 Å². The van der Waals surface area contributed by atoms with E-state index < -0.39 is 10.6 Å². The van der Waals surface area contributed by atoms with Crippen LogP contribution in [-0.4, -0.2) is 17.8 Å². The summed E-state index contributed by atoms with van der Waals surface area (Å²) in [6.45, 7) is 0.468. The fourth-order valence-corrected chi connectivity index (χ4v) is 2.49. The number of fused-ring (bicyclic) bond motifs is 1. The maximum atomic E-state index is 11.6. The van der Waals surface area contributed by atoms with E-state index in [1.54, 1.807) is 18.2 Å². The van der Waals surface area contributed by atoms with Crippen molar-refractivity contribution in [2.45, 2.75) is 11.8 Å². The standard InChI is InChI=1S/C11H11NO4/c13-10-11(5-8(11)6-16-10)7-2-1-3-9(4-7)12(14)15/h1-4,8,12,14H,5-6H2/t8-,11+/m0/s1. The third-order valence-electron chi connectivity index (χ3n) is 3.51. The van der Waals surface area contributed by atoms with Crippen LogP contribution < -0.4 is 5.23 Å². The van der Waals surface area contributed by atoms with Gasteiger partial charge >= 0.3 is 5.97 Å². The molecule has 0 radical (unpaired) electrons. The van der Waals surface area contributed by atoms with Crippen molar-refractivity contribution in [2.75, 3.05) is 6.61 Å². The molecule has 5 heteroatoms. The SMILES string of the molecule is O=C1OC[C@@H]2C[C@]12c1cccc([NH+]([O-])O)c1. The number of carbonyl (C=O) groups is 1. The van der Waals surface area contributed by atoms with Gasteiger partial charge in [0.1, 0.15) is 0 Å². The molecule has 1 aliphatic carbocycles. The van der Waals surface area contributed by atoms with Gasteiger partial charge in [-0.2, -0.15) is 5.23 Å². The summed E-state index contributed by atoms with van der Waals surface area (Å²) in [7, 11) is 0. The van der Waals surface area contributed by atoms with Crippen molar-refractivity contribution in [3.8, 4) is 0 Å². The molecule has 1 saturated heterocycles. The number of benzene rings is 1. The summed E-state index contributed by atoms with van der Waals surface area (Å²) >= 11 is 0. The summed E-state index contributed by atoms with van der Waals surface area (Å²) in [4.78, 5) is 11.6. The van der Waals surface area contributed by atoms with Crippen molar-refractivity contribution in [2.24, 2.45) is 5.92 Å². The molecule has 0 bridgehead atoms. The number of ether oxygens (including phenoxy) is 1. The van der Waals surface area contributed by atoms with Crippen molar-refractivity contribution >= 4 is 11.7 Å². The molecule has 1 aliphatic heterocycles. The molecule has 84 valence electrons. The molecule has 2 N–H and O–H groups in total. The van der Waals surface area contributed by atoms with E-state index in [4.69, 9.17) is 9.94 Å². The van der Waals surface area contributed by atoms with E-state index in [-0.39, 0.29) is 17.6 Å². The number of nitrogens with one attached hydrogen (secondary N) is 1. The van der Waals surface area contributed by atoms with Gasteiger partial charge in [-0.05, 0) is 12.0 Å². The summed E-state index contributed by atoms with van der Waals surface area (Å²) in [5, 5.41) is 18.8. The second-order valence-corrected chi connectivity index (χ2v) is 4.36. The Morgan fingerprint density at radius 3 is 2.94 bits per heavy atom. The van der Waals surface area contributed by atoms with Crippen molar-refractivity contribution in [3.63, 3.8) is 0 Å². The maximum Gasteiger partial charge on any atom is 0.317 e. The van der Waals surface area contributed by atoms with E-state index in [9.17, 15) is 10.0 Å². The molecule has 16 heavy (non-hydrogen) atoms. The van der Waals surface area contributed by atoms with Crippen LogP contribution in [0.3, 0.4) is 0 Å². The lowest BCUT2D eigenvalue weighted by Gasteiger charge is -2.14. The van der Waals surface area contributed by atoms with Gasteiger partial charge in [-0.3, -0.25) is 4.79 Å². The first-order valence-corrected chi connectivity index (χ1v) is 5.15. The summed E-state index contributed by atoms with van der Waals surface area (Å²) in [5.41, 5.74) is 0.461. The molecule has 2 aliphatic rings. The topological polar surface area (TPSA) is 74.0 Å². The van der Waals surface area contributed by atoms with Gasteiger partial charge in [-0.25, -0.2) is 5.21 Å². The fraction of sp³-hybridized carbons (Fsp3) is 0.364. The second-order valence-electron chi connectivity index (χ2n) is 4.36. The van der Waals surface area contributed by atoms with Gasteiger partial charge < -0.3 is 9.94 Å². The van der Waals surface area contributed by atoms with Crippen LogP contribution in [0.1, 0.15) is 12.0 Å². The number of cyclic esters (lactones) is 1. The Bertz CT molecular complexity index is 459. The average Bonchev–Trinajstić information content (AvgIpc) is 2.94. The Morgan fingerprint density at radius 2 is 2.38 bits per heavy atom. The quantitative estimate of drug-likeness (QED) is 0.540. The van der Waals surface area contributed by atoms with E-state index in [0.717, 1.165) is 12.0 Å². The average molecular weight is 221 g/mol. The number of hydrogen-bond donors (Lipinski definition) is 2.